The van der Waals surface area contributed by atoms with Crippen LogP contribution in [-0.2, 0) is 4.79 Å². The summed E-state index contributed by atoms with van der Waals surface area (Å²) in [6.07, 6.45) is 3.88. The van der Waals surface area contributed by atoms with Crippen molar-refractivity contribution in [1.82, 2.24) is 4.98 Å². The first kappa shape index (κ1) is 12.3. The number of thioether (sulfide) groups is 1. The highest BCUT2D eigenvalue weighted by Gasteiger charge is 2.20. The Morgan fingerprint density at radius 2 is 1.81 bits per heavy atom. The number of carbonyl (C=O) groups is 1. The van der Waals surface area contributed by atoms with Crippen LogP contribution in [0.25, 0.3) is 17.0 Å². The molecule has 1 aliphatic rings. The molecule has 1 amide bonds. The van der Waals surface area contributed by atoms with Crippen LogP contribution in [0.3, 0.4) is 0 Å². The van der Waals surface area contributed by atoms with Crippen LogP contribution in [0.1, 0.15) is 5.56 Å². The minimum absolute atomic E-state index is 0.0519. The average molecular weight is 292 g/mol. The number of amides is 1. The molecule has 0 aliphatic carbocycles. The van der Waals surface area contributed by atoms with Crippen molar-refractivity contribution in [2.24, 2.45) is 0 Å². The minimum Gasteiger partial charge on any atom is -0.361 e. The number of H-pyrrole nitrogens is 1. The Hall–Kier alpha value is -2.46. The van der Waals surface area contributed by atoms with E-state index in [1.54, 1.807) is 0 Å². The molecule has 0 saturated heterocycles. The second kappa shape index (κ2) is 4.82. The molecular weight excluding hydrogens is 280 g/mol. The number of nitrogens with one attached hydrogen (secondary N) is 2. The lowest BCUT2D eigenvalue weighted by Crippen LogP contribution is -2.16. The van der Waals surface area contributed by atoms with Crippen molar-refractivity contribution in [2.45, 2.75) is 4.90 Å². The van der Waals surface area contributed by atoms with E-state index in [-0.39, 0.29) is 5.91 Å². The van der Waals surface area contributed by atoms with Gasteiger partial charge in [-0.25, -0.2) is 0 Å². The fourth-order valence-electron chi connectivity index (χ4n) is 2.46. The fourth-order valence-corrected chi connectivity index (χ4v) is 3.40. The molecular formula is C17H12N2OS. The maximum absolute atomic E-state index is 12.2. The normalized spacial score (nSPS) is 16.0. The van der Waals surface area contributed by atoms with Crippen molar-refractivity contribution in [1.29, 1.82) is 0 Å². The summed E-state index contributed by atoms with van der Waals surface area (Å²) in [6, 6.07) is 15.9. The summed E-state index contributed by atoms with van der Waals surface area (Å²) >= 11 is 1.51. The highest BCUT2D eigenvalue weighted by molar-refractivity contribution is 8.04. The summed E-state index contributed by atoms with van der Waals surface area (Å²) in [5, 5.41) is 4.05. The van der Waals surface area contributed by atoms with Crippen LogP contribution in [0, 0.1) is 0 Å². The van der Waals surface area contributed by atoms with E-state index in [0.29, 0.717) is 4.91 Å². The lowest BCUT2D eigenvalue weighted by Gasteiger charge is -2.18. The topological polar surface area (TPSA) is 44.9 Å². The summed E-state index contributed by atoms with van der Waals surface area (Å²) in [6.45, 7) is 0. The van der Waals surface area contributed by atoms with Gasteiger partial charge in [-0.3, -0.25) is 4.79 Å². The smallest absolute Gasteiger partial charge is 0.262 e. The fraction of sp³-hybridized carbons (Fsp3) is 0. The van der Waals surface area contributed by atoms with Crippen LogP contribution in [0.15, 0.2) is 64.5 Å². The molecule has 0 unspecified atom stereocenters. The molecule has 0 bridgehead atoms. The second-order valence-electron chi connectivity index (χ2n) is 4.85. The van der Waals surface area contributed by atoms with E-state index < -0.39 is 0 Å². The number of fused-ring (bicyclic) bond motifs is 2. The number of anilines is 1. The standard InChI is InChI=1S/C17H12N2OS/c20-17-16(21-15-8-4-3-7-14(15)19-17)9-11-10-18-13-6-2-1-5-12(11)13/h1-10,18H,(H,19,20)/b16-9+. The summed E-state index contributed by atoms with van der Waals surface area (Å²) in [5.74, 6) is -0.0519. The van der Waals surface area contributed by atoms with E-state index in [0.717, 1.165) is 27.0 Å². The van der Waals surface area contributed by atoms with Gasteiger partial charge >= 0.3 is 0 Å². The molecule has 0 radical (unpaired) electrons. The molecule has 3 aromatic rings. The van der Waals surface area contributed by atoms with Crippen molar-refractivity contribution in [2.75, 3.05) is 5.32 Å². The van der Waals surface area contributed by atoms with Crippen molar-refractivity contribution in [3.05, 3.63) is 65.2 Å². The van der Waals surface area contributed by atoms with Gasteiger partial charge in [-0.1, -0.05) is 42.1 Å². The summed E-state index contributed by atoms with van der Waals surface area (Å²) in [7, 11) is 0. The number of para-hydroxylation sites is 2. The van der Waals surface area contributed by atoms with Crippen LogP contribution in [0.2, 0.25) is 0 Å². The number of carbonyl (C=O) groups excluding carboxylic acids is 1. The third kappa shape index (κ3) is 2.14. The molecule has 3 nitrogen and oxygen atoms in total. The molecule has 0 fully saturated rings. The van der Waals surface area contributed by atoms with Gasteiger partial charge in [-0.15, -0.1) is 0 Å². The van der Waals surface area contributed by atoms with Gasteiger partial charge in [0.15, 0.2) is 0 Å². The first-order valence-electron chi connectivity index (χ1n) is 6.67. The molecule has 0 atom stereocenters. The number of benzene rings is 2. The van der Waals surface area contributed by atoms with E-state index in [2.05, 4.69) is 16.4 Å². The monoisotopic (exact) mass is 292 g/mol. The molecule has 1 aromatic heterocycles. The Morgan fingerprint density at radius 1 is 1.00 bits per heavy atom. The molecule has 4 rings (SSSR count). The van der Waals surface area contributed by atoms with Gasteiger partial charge in [0.25, 0.3) is 5.91 Å². The minimum atomic E-state index is -0.0519. The van der Waals surface area contributed by atoms with E-state index in [1.807, 2.05) is 54.7 Å². The number of hydrogen-bond donors (Lipinski definition) is 2. The third-order valence-corrected chi connectivity index (χ3v) is 4.59. The van der Waals surface area contributed by atoms with Gasteiger partial charge in [0.1, 0.15) is 0 Å². The van der Waals surface area contributed by atoms with Gasteiger partial charge in [-0.05, 0) is 24.3 Å². The molecule has 2 heterocycles. The highest BCUT2D eigenvalue weighted by atomic mass is 32.2. The van der Waals surface area contributed by atoms with E-state index in [4.69, 9.17) is 0 Å². The van der Waals surface area contributed by atoms with Crippen molar-refractivity contribution in [3.63, 3.8) is 0 Å². The summed E-state index contributed by atoms with van der Waals surface area (Å²) in [4.78, 5) is 17.2. The van der Waals surface area contributed by atoms with Gasteiger partial charge in [-0.2, -0.15) is 0 Å². The number of aromatic nitrogens is 1. The quantitative estimate of drug-likeness (QED) is 0.658. The van der Waals surface area contributed by atoms with Crippen molar-refractivity contribution < 1.29 is 4.79 Å². The summed E-state index contributed by atoms with van der Waals surface area (Å²) in [5.41, 5.74) is 2.98. The van der Waals surface area contributed by atoms with Gasteiger partial charge in [0, 0.05) is 27.6 Å². The Balaban J connectivity index is 1.78. The predicted molar refractivity (Wildman–Crippen MR) is 87.2 cm³/mol. The molecule has 1 aliphatic heterocycles. The third-order valence-electron chi connectivity index (χ3n) is 3.49. The Labute approximate surface area is 126 Å². The lowest BCUT2D eigenvalue weighted by atomic mass is 10.1. The molecule has 2 aromatic carbocycles. The number of hydrogen-bond acceptors (Lipinski definition) is 2. The summed E-state index contributed by atoms with van der Waals surface area (Å²) < 4.78 is 0. The highest BCUT2D eigenvalue weighted by Crippen LogP contribution is 2.39. The predicted octanol–water partition coefficient (Wildman–Crippen LogP) is 4.25. The van der Waals surface area contributed by atoms with Crippen LogP contribution < -0.4 is 5.32 Å². The molecule has 102 valence electrons. The zero-order valence-electron chi connectivity index (χ0n) is 11.1. The molecule has 0 saturated carbocycles. The van der Waals surface area contributed by atoms with E-state index in [9.17, 15) is 4.79 Å². The van der Waals surface area contributed by atoms with Crippen molar-refractivity contribution in [3.8, 4) is 0 Å². The zero-order valence-corrected chi connectivity index (χ0v) is 11.9. The first-order chi connectivity index (χ1) is 10.3. The Kier molecular flexibility index (Phi) is 2.82. The van der Waals surface area contributed by atoms with Gasteiger partial charge < -0.3 is 10.3 Å². The van der Waals surface area contributed by atoms with Crippen LogP contribution in [-0.4, -0.2) is 10.9 Å². The maximum Gasteiger partial charge on any atom is 0.262 e. The zero-order chi connectivity index (χ0) is 14.2. The Bertz CT molecular complexity index is 879. The van der Waals surface area contributed by atoms with E-state index in [1.165, 1.54) is 11.8 Å². The van der Waals surface area contributed by atoms with Gasteiger partial charge in [0.2, 0.25) is 0 Å². The second-order valence-corrected chi connectivity index (χ2v) is 5.93. The Morgan fingerprint density at radius 3 is 2.76 bits per heavy atom. The largest absolute Gasteiger partial charge is 0.361 e. The molecule has 0 spiro atoms. The van der Waals surface area contributed by atoms with E-state index >= 15 is 0 Å². The molecule has 4 heteroatoms. The van der Waals surface area contributed by atoms with Crippen LogP contribution >= 0.6 is 11.8 Å². The number of aromatic amines is 1. The van der Waals surface area contributed by atoms with Crippen molar-refractivity contribution >= 4 is 40.3 Å². The average Bonchev–Trinajstić information content (AvgIpc) is 2.91. The molecule has 2 N–H and O–H groups in total. The SMILES string of the molecule is O=C1Nc2ccccc2S/C1=C/c1c[nH]c2ccccc12. The first-order valence-corrected chi connectivity index (χ1v) is 7.49. The van der Waals surface area contributed by atoms with Gasteiger partial charge in [0.05, 0.1) is 10.6 Å². The molecule has 21 heavy (non-hydrogen) atoms. The lowest BCUT2D eigenvalue weighted by molar-refractivity contribution is -0.112. The maximum atomic E-state index is 12.2. The van der Waals surface area contributed by atoms with Crippen LogP contribution in [0.5, 0.6) is 0 Å². The number of rotatable bonds is 1. The van der Waals surface area contributed by atoms with Crippen LogP contribution in [0.4, 0.5) is 5.69 Å².